The van der Waals surface area contributed by atoms with Crippen molar-refractivity contribution in [2.75, 3.05) is 13.1 Å². The molecule has 5 nitrogen and oxygen atoms in total. The predicted octanol–water partition coefficient (Wildman–Crippen LogP) is 5.63. The van der Waals surface area contributed by atoms with Crippen LogP contribution in [0.25, 0.3) is 0 Å². The van der Waals surface area contributed by atoms with Gasteiger partial charge < -0.3 is 10.6 Å². The molecule has 0 heterocycles. The van der Waals surface area contributed by atoms with Crippen molar-refractivity contribution in [1.82, 2.24) is 10.6 Å². The summed E-state index contributed by atoms with van der Waals surface area (Å²) >= 11 is 0. The van der Waals surface area contributed by atoms with Crippen molar-refractivity contribution in [3.8, 4) is 0 Å². The first-order valence-corrected chi connectivity index (χ1v) is 12.4. The smallest absolute Gasteiger partial charge is 0.284 e. The molecule has 2 N–H and O–H groups in total. The third kappa shape index (κ3) is 22.6. The first kappa shape index (κ1) is 28.4. The Hall–Kier alpha value is -1.65. The topological polar surface area (TPSA) is 75.3 Å². The summed E-state index contributed by atoms with van der Waals surface area (Å²) in [6, 6.07) is 0. The number of rotatable bonds is 22. The molecule has 174 valence electrons. The molecule has 0 aliphatic rings. The third-order valence-corrected chi connectivity index (χ3v) is 5.25. The largest absolute Gasteiger partial charge is 0.356 e. The standard InChI is InChI=1S/C25H46N2O3/c1-2-3-4-5-6-7-8-9-10-11-12-13-14-15-16-17-18-20-24(29)26-21-19-22-27-25(30)23-28/h11-12,23H,2-10,13-22H2,1H3,(H,26,29)(H,27,30)/b12-11+. The molecule has 0 spiro atoms. The molecule has 0 aromatic carbocycles. The van der Waals surface area contributed by atoms with E-state index in [1.165, 1.54) is 83.5 Å². The number of unbranched alkanes of at least 4 members (excludes halogenated alkanes) is 13. The minimum absolute atomic E-state index is 0.0700. The molecule has 0 atom stereocenters. The number of nitrogens with one attached hydrogen (secondary N) is 2. The van der Waals surface area contributed by atoms with E-state index in [2.05, 4.69) is 29.7 Å². The van der Waals surface area contributed by atoms with Gasteiger partial charge >= 0.3 is 0 Å². The van der Waals surface area contributed by atoms with Crippen LogP contribution in [0.4, 0.5) is 0 Å². The lowest BCUT2D eigenvalue weighted by Gasteiger charge is -2.05. The highest BCUT2D eigenvalue weighted by Gasteiger charge is 2.01. The maximum atomic E-state index is 11.7. The van der Waals surface area contributed by atoms with Gasteiger partial charge in [0.25, 0.3) is 5.91 Å². The maximum absolute atomic E-state index is 11.7. The predicted molar refractivity (Wildman–Crippen MR) is 125 cm³/mol. The number of amides is 2. The molecule has 0 rings (SSSR count). The van der Waals surface area contributed by atoms with Crippen LogP contribution in [0.2, 0.25) is 0 Å². The highest BCUT2D eigenvalue weighted by atomic mass is 16.2. The molecule has 0 aromatic rings. The van der Waals surface area contributed by atoms with E-state index in [4.69, 9.17) is 0 Å². The summed E-state index contributed by atoms with van der Waals surface area (Å²) in [7, 11) is 0. The number of hydrogen-bond donors (Lipinski definition) is 2. The molecule has 0 unspecified atom stereocenters. The van der Waals surface area contributed by atoms with Crippen molar-refractivity contribution in [3.63, 3.8) is 0 Å². The van der Waals surface area contributed by atoms with Crippen molar-refractivity contribution in [2.24, 2.45) is 0 Å². The fourth-order valence-corrected chi connectivity index (χ4v) is 3.37. The first-order valence-electron chi connectivity index (χ1n) is 12.4. The van der Waals surface area contributed by atoms with Crippen LogP contribution in [0, 0.1) is 0 Å². The van der Waals surface area contributed by atoms with E-state index in [-0.39, 0.29) is 12.2 Å². The average Bonchev–Trinajstić information content (AvgIpc) is 2.75. The molecule has 0 aromatic heterocycles. The van der Waals surface area contributed by atoms with Gasteiger partial charge in [-0.05, 0) is 38.5 Å². The van der Waals surface area contributed by atoms with Crippen molar-refractivity contribution >= 4 is 18.1 Å². The van der Waals surface area contributed by atoms with E-state index in [1.807, 2.05) is 0 Å². The minimum atomic E-state index is -0.611. The molecule has 5 heteroatoms. The Morgan fingerprint density at radius 3 is 1.70 bits per heavy atom. The molecule has 2 amide bonds. The van der Waals surface area contributed by atoms with Crippen molar-refractivity contribution < 1.29 is 14.4 Å². The minimum Gasteiger partial charge on any atom is -0.356 e. The fourth-order valence-electron chi connectivity index (χ4n) is 3.37. The Kier molecular flexibility index (Phi) is 22.3. The van der Waals surface area contributed by atoms with Crippen LogP contribution in [-0.2, 0) is 14.4 Å². The van der Waals surface area contributed by atoms with Gasteiger partial charge in [0.15, 0.2) is 0 Å². The molecule has 0 aliphatic carbocycles. The van der Waals surface area contributed by atoms with Crippen molar-refractivity contribution in [2.45, 2.75) is 116 Å². The Morgan fingerprint density at radius 2 is 1.13 bits per heavy atom. The Labute approximate surface area is 184 Å². The van der Waals surface area contributed by atoms with E-state index in [0.717, 1.165) is 12.8 Å². The molecular formula is C25H46N2O3. The molecule has 0 aliphatic heterocycles. The van der Waals surface area contributed by atoms with Crippen LogP contribution in [0.5, 0.6) is 0 Å². The van der Waals surface area contributed by atoms with Crippen molar-refractivity contribution in [3.05, 3.63) is 12.2 Å². The molecule has 30 heavy (non-hydrogen) atoms. The van der Waals surface area contributed by atoms with Crippen molar-refractivity contribution in [1.29, 1.82) is 0 Å². The zero-order valence-corrected chi connectivity index (χ0v) is 19.4. The van der Waals surface area contributed by atoms with Gasteiger partial charge in [0.1, 0.15) is 0 Å². The zero-order valence-electron chi connectivity index (χ0n) is 19.4. The SMILES string of the molecule is CCCCCCCCCC/C=C/CCCCCCCC(=O)NCCCNC(=O)C=O. The molecule has 0 fully saturated rings. The van der Waals surface area contributed by atoms with E-state index >= 15 is 0 Å². The molecule has 0 bridgehead atoms. The normalized spacial score (nSPS) is 11.0. The number of allylic oxidation sites excluding steroid dienone is 2. The average molecular weight is 423 g/mol. The highest BCUT2D eigenvalue weighted by molar-refractivity contribution is 6.23. The van der Waals surface area contributed by atoms with Crippen LogP contribution in [0.15, 0.2) is 12.2 Å². The lowest BCUT2D eigenvalue weighted by Crippen LogP contribution is -2.30. The van der Waals surface area contributed by atoms with Gasteiger partial charge in [-0.2, -0.15) is 0 Å². The molecule has 0 saturated carbocycles. The van der Waals surface area contributed by atoms with E-state index < -0.39 is 5.91 Å². The fraction of sp³-hybridized carbons (Fsp3) is 0.800. The Morgan fingerprint density at radius 1 is 0.633 bits per heavy atom. The second-order valence-electron chi connectivity index (χ2n) is 8.15. The monoisotopic (exact) mass is 422 g/mol. The van der Waals surface area contributed by atoms with Gasteiger partial charge in [0, 0.05) is 19.5 Å². The second kappa shape index (κ2) is 23.6. The lowest BCUT2D eigenvalue weighted by molar-refractivity contribution is -0.131. The Bertz CT molecular complexity index is 450. The summed E-state index contributed by atoms with van der Waals surface area (Å²) in [6.45, 7) is 3.21. The highest BCUT2D eigenvalue weighted by Crippen LogP contribution is 2.11. The van der Waals surface area contributed by atoms with Crippen LogP contribution in [-0.4, -0.2) is 31.2 Å². The summed E-state index contributed by atoms with van der Waals surface area (Å²) in [4.78, 5) is 32.5. The molecule has 0 radical (unpaired) electrons. The van der Waals surface area contributed by atoms with Crippen LogP contribution >= 0.6 is 0 Å². The van der Waals surface area contributed by atoms with Gasteiger partial charge in [0.05, 0.1) is 0 Å². The third-order valence-electron chi connectivity index (χ3n) is 5.25. The second-order valence-corrected chi connectivity index (χ2v) is 8.15. The van der Waals surface area contributed by atoms with Gasteiger partial charge in [-0.15, -0.1) is 0 Å². The maximum Gasteiger partial charge on any atom is 0.284 e. The van der Waals surface area contributed by atoms with E-state index in [0.29, 0.717) is 25.9 Å². The quantitative estimate of drug-likeness (QED) is 0.103. The van der Waals surface area contributed by atoms with E-state index in [1.54, 1.807) is 0 Å². The summed E-state index contributed by atoms with van der Waals surface area (Å²) < 4.78 is 0. The van der Waals surface area contributed by atoms with Gasteiger partial charge in [0.2, 0.25) is 12.2 Å². The number of aldehydes is 1. The van der Waals surface area contributed by atoms with Crippen LogP contribution in [0.3, 0.4) is 0 Å². The van der Waals surface area contributed by atoms with Gasteiger partial charge in [-0.1, -0.05) is 83.3 Å². The summed E-state index contributed by atoms with van der Waals surface area (Å²) in [5.41, 5.74) is 0. The summed E-state index contributed by atoms with van der Waals surface area (Å²) in [5, 5.41) is 5.29. The van der Waals surface area contributed by atoms with E-state index in [9.17, 15) is 14.4 Å². The lowest BCUT2D eigenvalue weighted by atomic mass is 10.1. The van der Waals surface area contributed by atoms with Gasteiger partial charge in [-0.3, -0.25) is 14.4 Å². The Balaban J connectivity index is 3.24. The number of hydrogen-bond acceptors (Lipinski definition) is 3. The molecular weight excluding hydrogens is 376 g/mol. The number of carbonyl (C=O) groups is 3. The zero-order chi connectivity index (χ0) is 22.1. The molecule has 0 saturated heterocycles. The first-order chi connectivity index (χ1) is 14.7. The van der Waals surface area contributed by atoms with Crippen LogP contribution < -0.4 is 10.6 Å². The van der Waals surface area contributed by atoms with Gasteiger partial charge in [-0.25, -0.2) is 0 Å². The number of carbonyl (C=O) groups excluding carboxylic acids is 3. The summed E-state index contributed by atoms with van der Waals surface area (Å²) in [6.07, 6.45) is 25.3. The van der Waals surface area contributed by atoms with Crippen LogP contribution in [0.1, 0.15) is 116 Å². The summed E-state index contributed by atoms with van der Waals surface area (Å²) in [5.74, 6) is -0.541.